The summed E-state index contributed by atoms with van der Waals surface area (Å²) >= 11 is 5.09. The maximum atomic E-state index is 12.0. The molecule has 0 aliphatic rings. The zero-order valence-corrected chi connectivity index (χ0v) is 14.3. The van der Waals surface area contributed by atoms with Gasteiger partial charge in [0.1, 0.15) is 0 Å². The molecule has 0 unspecified atom stereocenters. The van der Waals surface area contributed by atoms with Gasteiger partial charge in [-0.15, -0.1) is 11.3 Å². The van der Waals surface area contributed by atoms with Crippen LogP contribution < -0.4 is 0 Å². The Morgan fingerprint density at radius 2 is 2.00 bits per heavy atom. The molecule has 2 heterocycles. The van der Waals surface area contributed by atoms with Crippen LogP contribution in [0.1, 0.15) is 15.2 Å². The van der Waals surface area contributed by atoms with Gasteiger partial charge in [-0.2, -0.15) is 5.10 Å². The molecule has 2 aromatic heterocycles. The van der Waals surface area contributed by atoms with E-state index >= 15 is 0 Å². The van der Waals surface area contributed by atoms with Crippen LogP contribution in [0.4, 0.5) is 0 Å². The van der Waals surface area contributed by atoms with Crippen molar-refractivity contribution in [3.8, 4) is 10.4 Å². The van der Waals surface area contributed by atoms with Crippen molar-refractivity contribution in [2.24, 2.45) is 7.05 Å². The summed E-state index contributed by atoms with van der Waals surface area (Å²) < 4.78 is 2.69. The van der Waals surface area contributed by atoms with Crippen LogP contribution in [-0.2, 0) is 7.05 Å². The van der Waals surface area contributed by atoms with E-state index in [4.69, 9.17) is 0 Å². The van der Waals surface area contributed by atoms with E-state index < -0.39 is 0 Å². The number of hydrogen-bond acceptors (Lipinski definition) is 3. The van der Waals surface area contributed by atoms with Crippen molar-refractivity contribution in [3.63, 3.8) is 0 Å². The number of aromatic nitrogens is 2. The Hall–Kier alpha value is -1.98. The highest BCUT2D eigenvalue weighted by atomic mass is 79.9. The number of carbonyl (C=O) groups is 1. The largest absolute Gasteiger partial charge is 0.289 e. The minimum Gasteiger partial charge on any atom is -0.289 e. The third-order valence-electron chi connectivity index (χ3n) is 3.14. The lowest BCUT2D eigenvalue weighted by Gasteiger charge is -1.96. The highest BCUT2D eigenvalue weighted by Gasteiger charge is 2.05. The van der Waals surface area contributed by atoms with Gasteiger partial charge >= 0.3 is 0 Å². The molecule has 110 valence electrons. The molecule has 0 N–H and O–H groups in total. The van der Waals surface area contributed by atoms with E-state index in [9.17, 15) is 4.79 Å². The summed E-state index contributed by atoms with van der Waals surface area (Å²) in [6.07, 6.45) is 6.74. The molecule has 0 fully saturated rings. The minimum absolute atomic E-state index is 0.0355. The smallest absolute Gasteiger partial charge is 0.189 e. The van der Waals surface area contributed by atoms with E-state index in [-0.39, 0.29) is 5.78 Å². The predicted octanol–water partition coefficient (Wildman–Crippen LogP) is 4.81. The number of benzene rings is 1. The van der Waals surface area contributed by atoms with Crippen LogP contribution in [0.15, 0.2) is 59.3 Å². The fourth-order valence-corrected chi connectivity index (χ4v) is 3.19. The molecule has 0 bridgehead atoms. The lowest BCUT2D eigenvalue weighted by atomic mass is 10.2. The van der Waals surface area contributed by atoms with Crippen LogP contribution in [0, 0.1) is 0 Å². The van der Waals surface area contributed by atoms with Crippen molar-refractivity contribution in [1.29, 1.82) is 0 Å². The maximum Gasteiger partial charge on any atom is 0.189 e. The van der Waals surface area contributed by atoms with Crippen LogP contribution in [0.3, 0.4) is 0 Å². The fraction of sp³-hybridized carbons (Fsp3) is 0.0588. The van der Waals surface area contributed by atoms with E-state index in [0.717, 1.165) is 9.35 Å². The minimum atomic E-state index is -0.0355. The lowest BCUT2D eigenvalue weighted by molar-refractivity contribution is 0.104. The summed E-state index contributed by atoms with van der Waals surface area (Å²) in [5, 5.41) is 4.00. The summed E-state index contributed by atoms with van der Waals surface area (Å²) in [4.78, 5) is 14.2. The number of thiophene rings is 1. The first kappa shape index (κ1) is 14.9. The number of aryl methyl sites for hydroxylation is 1. The van der Waals surface area contributed by atoms with Crippen LogP contribution in [0.2, 0.25) is 0 Å². The van der Waals surface area contributed by atoms with Gasteiger partial charge in [-0.1, -0.05) is 28.1 Å². The zero-order valence-electron chi connectivity index (χ0n) is 11.9. The summed E-state index contributed by atoms with van der Waals surface area (Å²) in [5.41, 5.74) is 1.77. The van der Waals surface area contributed by atoms with E-state index in [2.05, 4.69) is 39.2 Å². The average molecular weight is 373 g/mol. The summed E-state index contributed by atoms with van der Waals surface area (Å²) in [5.74, 6) is -0.0355. The van der Waals surface area contributed by atoms with Gasteiger partial charge in [0.15, 0.2) is 5.78 Å². The number of nitrogens with zero attached hydrogens (tertiary/aromatic N) is 2. The number of allylic oxidation sites excluding steroid dienone is 1. The molecule has 3 aromatic rings. The normalized spacial score (nSPS) is 11.2. The van der Waals surface area contributed by atoms with Gasteiger partial charge in [0, 0.05) is 27.5 Å². The zero-order chi connectivity index (χ0) is 15.5. The van der Waals surface area contributed by atoms with Crippen molar-refractivity contribution in [1.82, 2.24) is 9.78 Å². The second kappa shape index (κ2) is 6.42. The Morgan fingerprint density at radius 3 is 2.68 bits per heavy atom. The summed E-state index contributed by atoms with van der Waals surface area (Å²) in [6.45, 7) is 0. The van der Waals surface area contributed by atoms with E-state index in [1.54, 1.807) is 41.5 Å². The van der Waals surface area contributed by atoms with Gasteiger partial charge in [0.05, 0.1) is 11.8 Å². The molecule has 0 atom stereocenters. The van der Waals surface area contributed by atoms with Gasteiger partial charge in [0.25, 0.3) is 0 Å². The Kier molecular flexibility index (Phi) is 4.36. The monoisotopic (exact) mass is 372 g/mol. The summed E-state index contributed by atoms with van der Waals surface area (Å²) in [7, 11) is 1.80. The molecule has 1 aromatic carbocycles. The molecular formula is C17H13BrN2OS. The van der Waals surface area contributed by atoms with E-state index in [1.165, 1.54) is 10.4 Å². The van der Waals surface area contributed by atoms with Gasteiger partial charge in [0.2, 0.25) is 0 Å². The third kappa shape index (κ3) is 3.43. The Morgan fingerprint density at radius 1 is 1.23 bits per heavy atom. The average Bonchev–Trinajstić information content (AvgIpc) is 3.15. The molecule has 5 heteroatoms. The molecule has 0 aliphatic heterocycles. The fourth-order valence-electron chi connectivity index (χ4n) is 2.01. The van der Waals surface area contributed by atoms with Crippen LogP contribution in [0.25, 0.3) is 16.5 Å². The summed E-state index contributed by atoms with van der Waals surface area (Å²) in [6, 6.07) is 12.3. The lowest BCUT2D eigenvalue weighted by Crippen LogP contribution is -1.91. The molecule has 0 radical (unpaired) electrons. The first-order chi connectivity index (χ1) is 10.6. The maximum absolute atomic E-state index is 12.0. The second-order valence-electron chi connectivity index (χ2n) is 4.81. The molecule has 0 saturated heterocycles. The molecule has 3 nitrogen and oxygen atoms in total. The Balaban J connectivity index is 1.75. The molecule has 22 heavy (non-hydrogen) atoms. The molecule has 0 aliphatic carbocycles. The SMILES string of the molecule is Cn1cc(C(=O)C=Cc2ccc(-c3ccc(Br)cc3)s2)cn1. The topological polar surface area (TPSA) is 34.9 Å². The van der Waals surface area contributed by atoms with Crippen LogP contribution in [0.5, 0.6) is 0 Å². The number of halogens is 1. The van der Waals surface area contributed by atoms with Crippen molar-refractivity contribution in [2.45, 2.75) is 0 Å². The molecule has 0 amide bonds. The molecule has 0 saturated carbocycles. The Bertz CT molecular complexity index is 830. The van der Waals surface area contributed by atoms with E-state index in [1.807, 2.05) is 24.3 Å². The van der Waals surface area contributed by atoms with Gasteiger partial charge in [-0.05, 0) is 42.0 Å². The van der Waals surface area contributed by atoms with Crippen molar-refractivity contribution >= 4 is 39.1 Å². The Labute approximate surface area is 141 Å². The van der Waals surface area contributed by atoms with Gasteiger partial charge in [-0.25, -0.2) is 0 Å². The van der Waals surface area contributed by atoms with Crippen LogP contribution >= 0.6 is 27.3 Å². The second-order valence-corrected chi connectivity index (χ2v) is 6.84. The van der Waals surface area contributed by atoms with Crippen molar-refractivity contribution < 1.29 is 4.79 Å². The quantitative estimate of drug-likeness (QED) is 0.486. The number of ketones is 1. The molecular weight excluding hydrogens is 360 g/mol. The molecule has 0 spiro atoms. The third-order valence-corrected chi connectivity index (χ3v) is 4.77. The standard InChI is InChI=1S/C17H13BrN2OS/c1-20-11-13(10-19-20)16(21)8-6-15-7-9-17(22-15)12-2-4-14(18)5-3-12/h2-11H,1H3. The highest BCUT2D eigenvalue weighted by Crippen LogP contribution is 2.29. The van der Waals surface area contributed by atoms with Crippen molar-refractivity contribution in [3.05, 3.63) is 69.8 Å². The number of rotatable bonds is 4. The van der Waals surface area contributed by atoms with Gasteiger partial charge in [-0.3, -0.25) is 9.48 Å². The highest BCUT2D eigenvalue weighted by molar-refractivity contribution is 9.10. The van der Waals surface area contributed by atoms with Crippen molar-refractivity contribution in [2.75, 3.05) is 0 Å². The first-order valence-electron chi connectivity index (χ1n) is 6.69. The number of carbonyl (C=O) groups excluding carboxylic acids is 1. The van der Waals surface area contributed by atoms with Gasteiger partial charge < -0.3 is 0 Å². The number of hydrogen-bond donors (Lipinski definition) is 0. The van der Waals surface area contributed by atoms with Crippen LogP contribution in [-0.4, -0.2) is 15.6 Å². The van der Waals surface area contributed by atoms with E-state index in [0.29, 0.717) is 5.56 Å². The first-order valence-corrected chi connectivity index (χ1v) is 8.29. The molecule has 3 rings (SSSR count). The predicted molar refractivity (Wildman–Crippen MR) is 94.0 cm³/mol.